The lowest BCUT2D eigenvalue weighted by molar-refractivity contribution is -0.384. The Morgan fingerprint density at radius 3 is 2.45 bits per heavy atom. The maximum absolute atomic E-state index is 12.0. The van der Waals surface area contributed by atoms with Crippen LogP contribution in [0.15, 0.2) is 29.6 Å². The van der Waals surface area contributed by atoms with Crippen molar-refractivity contribution in [2.75, 3.05) is 0 Å². The molecule has 1 aromatic heterocycles. The SMILES string of the molecule is CC(C)(C)c1csc(CNC(=O)c2ccc([N+](=O)[O-])cc2)n1. The van der Waals surface area contributed by atoms with E-state index in [0.29, 0.717) is 12.1 Å². The molecule has 0 saturated heterocycles. The second-order valence-electron chi connectivity index (χ2n) is 5.86. The molecular formula is C15H17N3O3S. The molecule has 0 aliphatic heterocycles. The van der Waals surface area contributed by atoms with Crippen LogP contribution in [-0.2, 0) is 12.0 Å². The Labute approximate surface area is 132 Å². The second kappa shape index (κ2) is 6.23. The summed E-state index contributed by atoms with van der Waals surface area (Å²) >= 11 is 1.50. The zero-order chi connectivity index (χ0) is 16.3. The number of hydrogen-bond donors (Lipinski definition) is 1. The molecule has 1 heterocycles. The van der Waals surface area contributed by atoms with Crippen LogP contribution < -0.4 is 5.32 Å². The molecular weight excluding hydrogens is 302 g/mol. The summed E-state index contributed by atoms with van der Waals surface area (Å²) in [5.41, 5.74) is 1.33. The quantitative estimate of drug-likeness (QED) is 0.692. The van der Waals surface area contributed by atoms with Crippen molar-refractivity contribution >= 4 is 22.9 Å². The number of thiazole rings is 1. The summed E-state index contributed by atoms with van der Waals surface area (Å²) in [4.78, 5) is 26.6. The highest BCUT2D eigenvalue weighted by molar-refractivity contribution is 7.09. The largest absolute Gasteiger partial charge is 0.346 e. The van der Waals surface area contributed by atoms with Crippen LogP contribution in [0.5, 0.6) is 0 Å². The van der Waals surface area contributed by atoms with Gasteiger partial charge < -0.3 is 5.32 Å². The molecule has 22 heavy (non-hydrogen) atoms. The molecule has 0 atom stereocenters. The summed E-state index contributed by atoms with van der Waals surface area (Å²) in [7, 11) is 0. The molecule has 0 saturated carbocycles. The topological polar surface area (TPSA) is 85.1 Å². The van der Waals surface area contributed by atoms with Crippen molar-refractivity contribution < 1.29 is 9.72 Å². The van der Waals surface area contributed by atoms with Crippen LogP contribution >= 0.6 is 11.3 Å². The maximum Gasteiger partial charge on any atom is 0.269 e. The van der Waals surface area contributed by atoms with Gasteiger partial charge in [-0.25, -0.2) is 4.98 Å². The van der Waals surface area contributed by atoms with Crippen molar-refractivity contribution in [2.24, 2.45) is 0 Å². The highest BCUT2D eigenvalue weighted by atomic mass is 32.1. The molecule has 1 N–H and O–H groups in total. The molecule has 0 radical (unpaired) electrons. The van der Waals surface area contributed by atoms with Crippen LogP contribution in [-0.4, -0.2) is 15.8 Å². The van der Waals surface area contributed by atoms with Gasteiger partial charge in [0, 0.05) is 28.5 Å². The van der Waals surface area contributed by atoms with Crippen molar-refractivity contribution in [1.29, 1.82) is 0 Å². The molecule has 2 aromatic rings. The molecule has 0 aliphatic carbocycles. The maximum atomic E-state index is 12.0. The first-order valence-electron chi connectivity index (χ1n) is 6.75. The van der Waals surface area contributed by atoms with E-state index in [4.69, 9.17) is 0 Å². The molecule has 1 aromatic carbocycles. The molecule has 1 amide bonds. The van der Waals surface area contributed by atoms with Gasteiger partial charge in [0.05, 0.1) is 17.2 Å². The van der Waals surface area contributed by atoms with Gasteiger partial charge in [-0.1, -0.05) is 20.8 Å². The molecule has 0 fully saturated rings. The predicted octanol–water partition coefficient (Wildman–Crippen LogP) is 3.28. The van der Waals surface area contributed by atoms with Gasteiger partial charge in [0.15, 0.2) is 0 Å². The van der Waals surface area contributed by atoms with E-state index in [0.717, 1.165) is 10.7 Å². The van der Waals surface area contributed by atoms with E-state index in [9.17, 15) is 14.9 Å². The lowest BCUT2D eigenvalue weighted by Gasteiger charge is -2.14. The molecule has 7 heteroatoms. The number of aromatic nitrogens is 1. The fourth-order valence-corrected chi connectivity index (χ4v) is 2.69. The highest BCUT2D eigenvalue weighted by Gasteiger charge is 2.17. The number of hydrogen-bond acceptors (Lipinski definition) is 5. The summed E-state index contributed by atoms with van der Waals surface area (Å²) in [6.45, 7) is 6.60. The summed E-state index contributed by atoms with van der Waals surface area (Å²) in [6.07, 6.45) is 0. The summed E-state index contributed by atoms with van der Waals surface area (Å²) in [5.74, 6) is -0.276. The standard InChI is InChI=1S/C15H17N3O3S/c1-15(2,3)12-9-22-13(17-12)8-16-14(19)10-4-6-11(7-5-10)18(20)21/h4-7,9H,8H2,1-3H3,(H,16,19). The van der Waals surface area contributed by atoms with Crippen LogP contribution in [0.4, 0.5) is 5.69 Å². The lowest BCUT2D eigenvalue weighted by atomic mass is 9.93. The monoisotopic (exact) mass is 319 g/mol. The smallest absolute Gasteiger partial charge is 0.269 e. The first kappa shape index (κ1) is 16.1. The zero-order valence-electron chi connectivity index (χ0n) is 12.6. The first-order valence-corrected chi connectivity index (χ1v) is 7.63. The molecule has 0 bridgehead atoms. The van der Waals surface area contributed by atoms with Gasteiger partial charge in [0.25, 0.3) is 11.6 Å². The molecule has 116 valence electrons. The number of nitro groups is 1. The molecule has 2 rings (SSSR count). The van der Waals surface area contributed by atoms with Crippen LogP contribution in [0, 0.1) is 10.1 Å². The van der Waals surface area contributed by atoms with Gasteiger partial charge >= 0.3 is 0 Å². The van der Waals surface area contributed by atoms with Crippen LogP contribution in [0.2, 0.25) is 0 Å². The molecule has 0 aliphatic rings. The summed E-state index contributed by atoms with van der Waals surface area (Å²) < 4.78 is 0. The molecule has 0 spiro atoms. The number of carbonyl (C=O) groups excluding carboxylic acids is 1. The van der Waals surface area contributed by atoms with Gasteiger partial charge in [-0.15, -0.1) is 11.3 Å². The third-order valence-corrected chi connectivity index (χ3v) is 3.91. The van der Waals surface area contributed by atoms with Crippen molar-refractivity contribution in [3.8, 4) is 0 Å². The van der Waals surface area contributed by atoms with E-state index in [1.807, 2.05) is 5.38 Å². The lowest BCUT2D eigenvalue weighted by Crippen LogP contribution is -2.23. The number of amides is 1. The first-order chi connectivity index (χ1) is 10.3. The van der Waals surface area contributed by atoms with E-state index in [1.165, 1.54) is 35.6 Å². The van der Waals surface area contributed by atoms with E-state index in [-0.39, 0.29) is 17.0 Å². The fraction of sp³-hybridized carbons (Fsp3) is 0.333. The zero-order valence-corrected chi connectivity index (χ0v) is 13.4. The highest BCUT2D eigenvalue weighted by Crippen LogP contribution is 2.23. The number of non-ortho nitro benzene ring substituents is 1. The Hall–Kier alpha value is -2.28. The van der Waals surface area contributed by atoms with Crippen LogP contribution in [0.3, 0.4) is 0 Å². The third kappa shape index (κ3) is 3.88. The van der Waals surface area contributed by atoms with Crippen LogP contribution in [0.25, 0.3) is 0 Å². The fourth-order valence-electron chi connectivity index (χ4n) is 1.73. The van der Waals surface area contributed by atoms with E-state index >= 15 is 0 Å². The third-order valence-electron chi connectivity index (χ3n) is 3.06. The van der Waals surface area contributed by atoms with Gasteiger partial charge in [0.1, 0.15) is 5.01 Å². The minimum Gasteiger partial charge on any atom is -0.346 e. The summed E-state index contributed by atoms with van der Waals surface area (Å²) in [5, 5.41) is 16.2. The predicted molar refractivity (Wildman–Crippen MR) is 85.1 cm³/mol. The number of nitrogens with one attached hydrogen (secondary N) is 1. The van der Waals surface area contributed by atoms with E-state index < -0.39 is 4.92 Å². The average Bonchev–Trinajstić information content (AvgIpc) is 2.94. The van der Waals surface area contributed by atoms with Gasteiger partial charge in [-0.05, 0) is 12.1 Å². The Kier molecular flexibility index (Phi) is 4.56. The van der Waals surface area contributed by atoms with E-state index in [1.54, 1.807) is 0 Å². The van der Waals surface area contributed by atoms with Crippen molar-refractivity contribution in [3.05, 3.63) is 56.0 Å². The Balaban J connectivity index is 1.98. The summed E-state index contributed by atoms with van der Waals surface area (Å²) in [6, 6.07) is 5.51. The average molecular weight is 319 g/mol. The van der Waals surface area contributed by atoms with Gasteiger partial charge in [0.2, 0.25) is 0 Å². The number of nitrogens with zero attached hydrogens (tertiary/aromatic N) is 2. The minimum atomic E-state index is -0.495. The van der Waals surface area contributed by atoms with Gasteiger partial charge in [-0.2, -0.15) is 0 Å². The molecule has 6 nitrogen and oxygen atoms in total. The second-order valence-corrected chi connectivity index (χ2v) is 6.81. The number of carbonyl (C=O) groups is 1. The normalized spacial score (nSPS) is 11.2. The van der Waals surface area contributed by atoms with Gasteiger partial charge in [-0.3, -0.25) is 14.9 Å². The van der Waals surface area contributed by atoms with Crippen molar-refractivity contribution in [3.63, 3.8) is 0 Å². The van der Waals surface area contributed by atoms with E-state index in [2.05, 4.69) is 31.1 Å². The number of nitro benzene ring substituents is 1. The Morgan fingerprint density at radius 2 is 1.95 bits per heavy atom. The molecule has 0 unspecified atom stereocenters. The number of rotatable bonds is 4. The van der Waals surface area contributed by atoms with Crippen molar-refractivity contribution in [2.45, 2.75) is 32.7 Å². The van der Waals surface area contributed by atoms with Crippen LogP contribution in [0.1, 0.15) is 41.8 Å². The minimum absolute atomic E-state index is 0.0167. The Morgan fingerprint density at radius 1 is 1.32 bits per heavy atom. The number of benzene rings is 1. The van der Waals surface area contributed by atoms with Crippen molar-refractivity contribution in [1.82, 2.24) is 10.3 Å². The Bertz CT molecular complexity index is 687.